The third kappa shape index (κ3) is 11.7. The van der Waals surface area contributed by atoms with E-state index in [4.69, 9.17) is 12.3 Å². The van der Waals surface area contributed by atoms with Crippen LogP contribution in [0.5, 0.6) is 0 Å². The van der Waals surface area contributed by atoms with Gasteiger partial charge >= 0.3 is 8.80 Å². The van der Waals surface area contributed by atoms with Gasteiger partial charge in [0.2, 0.25) is 0 Å². The van der Waals surface area contributed by atoms with E-state index < -0.39 is 33.8 Å². The lowest BCUT2D eigenvalue weighted by Gasteiger charge is -2.42. The molecule has 0 aliphatic rings. The minimum absolute atomic E-state index is 0.118. The molecule has 0 aromatic carbocycles. The largest absolute Gasteiger partial charge is 0.469 e. The Morgan fingerprint density at radius 3 is 1.38 bits per heavy atom. The van der Waals surface area contributed by atoms with Crippen LogP contribution in [0.2, 0.25) is 65.0 Å². The summed E-state index contributed by atoms with van der Waals surface area (Å²) in [6.07, 6.45) is 1.22. The molecular weight excluding hydrogens is 369 g/mol. The van der Waals surface area contributed by atoms with Crippen molar-refractivity contribution >= 4 is 39.5 Å². The lowest BCUT2D eigenvalue weighted by molar-refractivity contribution is -0.115. The standard InChI is InChI=1S/C16H38O4Si4/c1-15(2)16(17)13-12-14-24(18-21(3,4)5,19-22(6,7)8)20-23(9,10)11/h1,12-14H2,2-11H3. The van der Waals surface area contributed by atoms with Crippen LogP contribution < -0.4 is 0 Å². The van der Waals surface area contributed by atoms with Crippen LogP contribution in [0.4, 0.5) is 0 Å². The number of rotatable bonds is 11. The molecule has 24 heavy (non-hydrogen) atoms. The Hall–Kier alpha value is 0.158. The van der Waals surface area contributed by atoms with E-state index in [0.29, 0.717) is 18.0 Å². The second-order valence-electron chi connectivity index (χ2n) is 9.38. The first-order chi connectivity index (χ1) is 10.4. The molecule has 0 heterocycles. The molecular formula is C16H38O4Si4. The number of carbonyl (C=O) groups is 1. The maximum absolute atomic E-state index is 11.9. The van der Waals surface area contributed by atoms with Crippen molar-refractivity contribution in [3.05, 3.63) is 12.2 Å². The van der Waals surface area contributed by atoms with E-state index in [-0.39, 0.29) is 5.78 Å². The zero-order chi connectivity index (χ0) is 19.4. The van der Waals surface area contributed by atoms with Gasteiger partial charge in [0.1, 0.15) is 0 Å². The topological polar surface area (TPSA) is 44.8 Å². The van der Waals surface area contributed by atoms with Crippen LogP contribution in [0.1, 0.15) is 19.8 Å². The molecule has 8 heteroatoms. The first-order valence-electron chi connectivity index (χ1n) is 8.74. The highest BCUT2D eigenvalue weighted by molar-refractivity contribution is 6.90. The molecule has 0 rings (SSSR count). The molecule has 0 fully saturated rings. The summed E-state index contributed by atoms with van der Waals surface area (Å²) in [5.74, 6) is 0.118. The molecule has 0 aliphatic heterocycles. The van der Waals surface area contributed by atoms with Crippen LogP contribution >= 0.6 is 0 Å². The Morgan fingerprint density at radius 1 is 0.792 bits per heavy atom. The fourth-order valence-electron chi connectivity index (χ4n) is 2.29. The molecule has 4 nitrogen and oxygen atoms in total. The zero-order valence-corrected chi connectivity index (χ0v) is 21.5. The molecule has 0 saturated carbocycles. The third-order valence-electron chi connectivity index (χ3n) is 2.75. The Bertz CT molecular complexity index is 404. The van der Waals surface area contributed by atoms with Gasteiger partial charge in [-0.05, 0) is 77.8 Å². The normalized spacial score (nSPS) is 13.9. The van der Waals surface area contributed by atoms with Crippen LogP contribution in [-0.4, -0.2) is 39.5 Å². The van der Waals surface area contributed by atoms with E-state index in [2.05, 4.69) is 65.5 Å². The monoisotopic (exact) mass is 406 g/mol. The number of Topliss-reactive ketones (excluding diaryl/α,β-unsaturated/α-hetero) is 1. The summed E-state index contributed by atoms with van der Waals surface area (Å²) in [6, 6.07) is 0.713. The molecule has 0 amide bonds. The van der Waals surface area contributed by atoms with E-state index in [1.807, 2.05) is 0 Å². The number of hydrogen-bond acceptors (Lipinski definition) is 4. The van der Waals surface area contributed by atoms with Crippen molar-refractivity contribution in [2.75, 3.05) is 0 Å². The van der Waals surface area contributed by atoms with Crippen LogP contribution in [0.3, 0.4) is 0 Å². The average molecular weight is 407 g/mol. The third-order valence-corrected chi connectivity index (χ3v) is 14.8. The fourth-order valence-corrected chi connectivity index (χ4v) is 16.9. The summed E-state index contributed by atoms with van der Waals surface area (Å²) in [7, 11) is -8.31. The quantitative estimate of drug-likeness (QED) is 0.340. The number of allylic oxidation sites excluding steroid dienone is 1. The summed E-state index contributed by atoms with van der Waals surface area (Å²) in [5.41, 5.74) is 0.616. The van der Waals surface area contributed by atoms with E-state index in [1.165, 1.54) is 0 Å². The Labute approximate surface area is 153 Å². The molecule has 0 aromatic rings. The SMILES string of the molecule is C=C(C)C(=O)CCC[Si](O[Si](C)(C)C)(O[Si](C)(C)C)O[Si](C)(C)C. The van der Waals surface area contributed by atoms with E-state index in [9.17, 15) is 4.79 Å². The van der Waals surface area contributed by atoms with Crippen molar-refractivity contribution in [2.24, 2.45) is 0 Å². The van der Waals surface area contributed by atoms with Gasteiger partial charge in [0.15, 0.2) is 30.7 Å². The lowest BCUT2D eigenvalue weighted by Crippen LogP contribution is -2.60. The van der Waals surface area contributed by atoms with Gasteiger partial charge in [0.05, 0.1) is 0 Å². The van der Waals surface area contributed by atoms with Crippen LogP contribution in [0, 0.1) is 0 Å². The summed E-state index contributed by atoms with van der Waals surface area (Å²) < 4.78 is 19.8. The molecule has 0 aromatic heterocycles. The van der Waals surface area contributed by atoms with Gasteiger partial charge in [-0.15, -0.1) is 0 Å². The smallest absolute Gasteiger partial charge is 0.417 e. The van der Waals surface area contributed by atoms with Crippen molar-refractivity contribution in [3.63, 3.8) is 0 Å². The van der Waals surface area contributed by atoms with E-state index >= 15 is 0 Å². The van der Waals surface area contributed by atoms with Crippen LogP contribution in [0.15, 0.2) is 12.2 Å². The Kier molecular flexibility index (Phi) is 8.75. The van der Waals surface area contributed by atoms with Crippen molar-refractivity contribution in [1.29, 1.82) is 0 Å². The number of ketones is 1. The summed E-state index contributed by atoms with van der Waals surface area (Å²) in [4.78, 5) is 11.9. The molecule has 0 saturated heterocycles. The maximum atomic E-state index is 11.9. The molecule has 0 radical (unpaired) electrons. The summed E-state index contributed by atoms with van der Waals surface area (Å²) >= 11 is 0. The highest BCUT2D eigenvalue weighted by Gasteiger charge is 2.49. The summed E-state index contributed by atoms with van der Waals surface area (Å²) in [6.45, 7) is 25.1. The highest BCUT2D eigenvalue weighted by Crippen LogP contribution is 2.30. The molecule has 0 spiro atoms. The Balaban J connectivity index is 5.46. The minimum Gasteiger partial charge on any atom is -0.417 e. The first-order valence-corrected chi connectivity index (χ1v) is 20.9. The molecule has 142 valence electrons. The van der Waals surface area contributed by atoms with Gasteiger partial charge in [-0.25, -0.2) is 0 Å². The van der Waals surface area contributed by atoms with E-state index in [1.54, 1.807) is 6.92 Å². The fraction of sp³-hybridized carbons (Fsp3) is 0.812. The van der Waals surface area contributed by atoms with Crippen LogP contribution in [0.25, 0.3) is 0 Å². The average Bonchev–Trinajstić information content (AvgIpc) is 2.20. The summed E-state index contributed by atoms with van der Waals surface area (Å²) in [5, 5.41) is 0. The Morgan fingerprint density at radius 2 is 1.12 bits per heavy atom. The highest BCUT2D eigenvalue weighted by atomic mass is 28.5. The maximum Gasteiger partial charge on any atom is 0.469 e. The molecule has 0 aliphatic carbocycles. The minimum atomic E-state index is -2.80. The van der Waals surface area contributed by atoms with Gasteiger partial charge < -0.3 is 12.3 Å². The predicted octanol–water partition coefficient (Wildman–Crippen LogP) is 5.41. The van der Waals surface area contributed by atoms with E-state index in [0.717, 1.165) is 6.42 Å². The van der Waals surface area contributed by atoms with Crippen molar-refractivity contribution < 1.29 is 17.1 Å². The van der Waals surface area contributed by atoms with Crippen molar-refractivity contribution in [2.45, 2.75) is 84.7 Å². The first kappa shape index (κ1) is 24.2. The molecule has 0 atom stereocenters. The van der Waals surface area contributed by atoms with Crippen LogP contribution in [-0.2, 0) is 17.1 Å². The van der Waals surface area contributed by atoms with Gasteiger partial charge in [-0.2, -0.15) is 0 Å². The van der Waals surface area contributed by atoms with Gasteiger partial charge in [-0.1, -0.05) is 6.58 Å². The van der Waals surface area contributed by atoms with Crippen molar-refractivity contribution in [1.82, 2.24) is 0 Å². The second kappa shape index (κ2) is 8.70. The van der Waals surface area contributed by atoms with Gasteiger partial charge in [0, 0.05) is 12.5 Å². The number of carbonyl (C=O) groups excluding carboxylic acids is 1. The van der Waals surface area contributed by atoms with Gasteiger partial charge in [-0.3, -0.25) is 4.79 Å². The second-order valence-corrected chi connectivity index (χ2v) is 26.4. The predicted molar refractivity (Wildman–Crippen MR) is 113 cm³/mol. The molecule has 0 N–H and O–H groups in total. The molecule has 0 bridgehead atoms. The zero-order valence-electron chi connectivity index (χ0n) is 17.5. The number of hydrogen-bond donors (Lipinski definition) is 0. The van der Waals surface area contributed by atoms with Crippen molar-refractivity contribution in [3.8, 4) is 0 Å². The van der Waals surface area contributed by atoms with Gasteiger partial charge in [0.25, 0.3) is 0 Å². The molecule has 0 unspecified atom stereocenters. The lowest BCUT2D eigenvalue weighted by atomic mass is 10.1.